The van der Waals surface area contributed by atoms with Crippen molar-refractivity contribution in [2.45, 2.75) is 32.3 Å². The Balaban J connectivity index is 2.41. The third kappa shape index (κ3) is 3.55. The summed E-state index contributed by atoms with van der Waals surface area (Å²) in [5.74, 6) is -0.209. The summed E-state index contributed by atoms with van der Waals surface area (Å²) in [4.78, 5) is 0. The second kappa shape index (κ2) is 4.97. The Morgan fingerprint density at radius 2 is 1.92 bits per heavy atom. The number of rotatable bonds is 4. The molecule has 0 aliphatic carbocycles. The lowest BCUT2D eigenvalue weighted by Crippen LogP contribution is -2.05. The van der Waals surface area contributed by atoms with Crippen LogP contribution in [-0.4, -0.2) is 11.2 Å². The van der Waals surface area contributed by atoms with Crippen LogP contribution in [0.3, 0.4) is 0 Å². The number of hydrogen-bond donors (Lipinski definition) is 1. The standard InChI is InChI=1S/C11H15FO/c1-2-11(13)8-5-9-3-6-10(12)7-4-9/h3-4,6-7,11,13H,2,5,8H2,1H3/t11-/m1/s1. The molecule has 1 rings (SSSR count). The van der Waals surface area contributed by atoms with Crippen molar-refractivity contribution in [1.29, 1.82) is 0 Å². The molecular formula is C11H15FO. The van der Waals surface area contributed by atoms with Crippen molar-refractivity contribution in [1.82, 2.24) is 0 Å². The fraction of sp³-hybridized carbons (Fsp3) is 0.455. The van der Waals surface area contributed by atoms with Gasteiger partial charge >= 0.3 is 0 Å². The van der Waals surface area contributed by atoms with Crippen molar-refractivity contribution >= 4 is 0 Å². The first-order valence-corrected chi connectivity index (χ1v) is 4.65. The molecule has 0 aliphatic rings. The molecule has 1 N–H and O–H groups in total. The fourth-order valence-corrected chi connectivity index (χ4v) is 1.19. The van der Waals surface area contributed by atoms with Gasteiger partial charge in [-0.15, -0.1) is 0 Å². The van der Waals surface area contributed by atoms with Crippen molar-refractivity contribution in [2.75, 3.05) is 0 Å². The van der Waals surface area contributed by atoms with Gasteiger partial charge < -0.3 is 5.11 Å². The minimum atomic E-state index is -0.231. The van der Waals surface area contributed by atoms with Crippen LogP contribution in [0.1, 0.15) is 25.3 Å². The summed E-state index contributed by atoms with van der Waals surface area (Å²) in [5, 5.41) is 9.30. The van der Waals surface area contributed by atoms with Gasteiger partial charge in [0.05, 0.1) is 6.10 Å². The molecule has 0 spiro atoms. The van der Waals surface area contributed by atoms with Gasteiger partial charge in [0.2, 0.25) is 0 Å². The summed E-state index contributed by atoms with van der Waals surface area (Å²) >= 11 is 0. The van der Waals surface area contributed by atoms with E-state index in [1.165, 1.54) is 12.1 Å². The highest BCUT2D eigenvalue weighted by molar-refractivity contribution is 5.16. The quantitative estimate of drug-likeness (QED) is 0.758. The van der Waals surface area contributed by atoms with Gasteiger partial charge in [-0.1, -0.05) is 19.1 Å². The van der Waals surface area contributed by atoms with Gasteiger partial charge in [0, 0.05) is 0 Å². The molecule has 1 aromatic carbocycles. The third-order valence-corrected chi connectivity index (χ3v) is 2.15. The van der Waals surface area contributed by atoms with E-state index in [1.807, 2.05) is 6.92 Å². The van der Waals surface area contributed by atoms with Crippen molar-refractivity contribution in [3.63, 3.8) is 0 Å². The van der Waals surface area contributed by atoms with Gasteiger partial charge in [0.1, 0.15) is 5.82 Å². The first-order valence-electron chi connectivity index (χ1n) is 4.65. The summed E-state index contributed by atoms with van der Waals surface area (Å²) < 4.78 is 12.5. The van der Waals surface area contributed by atoms with Crippen molar-refractivity contribution in [2.24, 2.45) is 0 Å². The van der Waals surface area contributed by atoms with Crippen LogP contribution in [0.5, 0.6) is 0 Å². The van der Waals surface area contributed by atoms with Gasteiger partial charge in [-0.05, 0) is 37.0 Å². The SMILES string of the molecule is CC[C@@H](O)CCc1ccc(F)cc1. The maximum atomic E-state index is 12.5. The first-order chi connectivity index (χ1) is 6.22. The smallest absolute Gasteiger partial charge is 0.123 e. The minimum Gasteiger partial charge on any atom is -0.393 e. The van der Waals surface area contributed by atoms with E-state index >= 15 is 0 Å². The molecule has 0 radical (unpaired) electrons. The maximum Gasteiger partial charge on any atom is 0.123 e. The highest BCUT2D eigenvalue weighted by atomic mass is 19.1. The second-order valence-electron chi connectivity index (χ2n) is 3.23. The number of aliphatic hydroxyl groups excluding tert-OH is 1. The summed E-state index contributed by atoms with van der Waals surface area (Å²) in [5.41, 5.74) is 1.08. The number of hydrogen-bond acceptors (Lipinski definition) is 1. The van der Waals surface area contributed by atoms with Crippen molar-refractivity contribution < 1.29 is 9.50 Å². The molecular weight excluding hydrogens is 167 g/mol. The molecule has 0 amide bonds. The predicted octanol–water partition coefficient (Wildman–Crippen LogP) is 2.53. The van der Waals surface area contributed by atoms with Gasteiger partial charge in [0.25, 0.3) is 0 Å². The summed E-state index contributed by atoms with van der Waals surface area (Å²) in [6, 6.07) is 6.43. The van der Waals surface area contributed by atoms with Gasteiger partial charge in [-0.25, -0.2) is 4.39 Å². The highest BCUT2D eigenvalue weighted by Gasteiger charge is 2.01. The summed E-state index contributed by atoms with van der Waals surface area (Å²) in [6.45, 7) is 1.95. The van der Waals surface area contributed by atoms with Crippen LogP contribution < -0.4 is 0 Å². The average molecular weight is 182 g/mol. The van der Waals surface area contributed by atoms with E-state index in [9.17, 15) is 9.50 Å². The Hall–Kier alpha value is -0.890. The lowest BCUT2D eigenvalue weighted by molar-refractivity contribution is 0.160. The topological polar surface area (TPSA) is 20.2 Å². The zero-order chi connectivity index (χ0) is 9.68. The van der Waals surface area contributed by atoms with Gasteiger partial charge in [-0.3, -0.25) is 0 Å². The van der Waals surface area contributed by atoms with Crippen LogP contribution in [0.2, 0.25) is 0 Å². The van der Waals surface area contributed by atoms with Crippen LogP contribution in [-0.2, 0) is 6.42 Å². The van der Waals surface area contributed by atoms with Crippen LogP contribution in [0.25, 0.3) is 0 Å². The Kier molecular flexibility index (Phi) is 3.90. The molecule has 0 bridgehead atoms. The minimum absolute atomic E-state index is 0.209. The highest BCUT2D eigenvalue weighted by Crippen LogP contribution is 2.08. The number of aliphatic hydroxyl groups is 1. The Morgan fingerprint density at radius 1 is 1.31 bits per heavy atom. The number of halogens is 1. The van der Waals surface area contributed by atoms with E-state index in [0.717, 1.165) is 24.8 Å². The fourth-order valence-electron chi connectivity index (χ4n) is 1.19. The molecule has 0 saturated heterocycles. The predicted molar refractivity (Wildman–Crippen MR) is 51.0 cm³/mol. The Labute approximate surface area is 78.2 Å². The monoisotopic (exact) mass is 182 g/mol. The number of aryl methyl sites for hydroxylation is 1. The zero-order valence-corrected chi connectivity index (χ0v) is 7.83. The second-order valence-corrected chi connectivity index (χ2v) is 3.23. The lowest BCUT2D eigenvalue weighted by Gasteiger charge is -2.06. The molecule has 1 aromatic rings. The van der Waals surface area contributed by atoms with Crippen LogP contribution in [0, 0.1) is 5.82 Å². The molecule has 13 heavy (non-hydrogen) atoms. The van der Waals surface area contributed by atoms with E-state index in [0.29, 0.717) is 0 Å². The molecule has 72 valence electrons. The largest absolute Gasteiger partial charge is 0.393 e. The molecule has 1 atom stereocenters. The number of benzene rings is 1. The first kappa shape index (κ1) is 10.2. The van der Waals surface area contributed by atoms with E-state index < -0.39 is 0 Å². The molecule has 0 unspecified atom stereocenters. The molecule has 2 heteroatoms. The molecule has 0 heterocycles. The molecule has 0 fully saturated rings. The summed E-state index contributed by atoms with van der Waals surface area (Å²) in [6.07, 6.45) is 2.11. The van der Waals surface area contributed by atoms with Crippen LogP contribution in [0.4, 0.5) is 4.39 Å². The molecule has 1 nitrogen and oxygen atoms in total. The average Bonchev–Trinajstić information content (AvgIpc) is 2.16. The van der Waals surface area contributed by atoms with E-state index in [1.54, 1.807) is 12.1 Å². The Morgan fingerprint density at radius 3 is 2.46 bits per heavy atom. The van der Waals surface area contributed by atoms with Crippen molar-refractivity contribution in [3.05, 3.63) is 35.6 Å². The van der Waals surface area contributed by atoms with Crippen LogP contribution in [0.15, 0.2) is 24.3 Å². The zero-order valence-electron chi connectivity index (χ0n) is 7.83. The lowest BCUT2D eigenvalue weighted by atomic mass is 10.1. The van der Waals surface area contributed by atoms with Crippen LogP contribution >= 0.6 is 0 Å². The Bertz CT molecular complexity index is 243. The van der Waals surface area contributed by atoms with E-state index in [2.05, 4.69) is 0 Å². The molecule has 0 saturated carbocycles. The maximum absolute atomic E-state index is 12.5. The molecule has 0 aromatic heterocycles. The van der Waals surface area contributed by atoms with Gasteiger partial charge in [0.15, 0.2) is 0 Å². The van der Waals surface area contributed by atoms with Crippen molar-refractivity contribution in [3.8, 4) is 0 Å². The normalized spacial score (nSPS) is 12.8. The van der Waals surface area contributed by atoms with Gasteiger partial charge in [-0.2, -0.15) is 0 Å². The molecule has 0 aliphatic heterocycles. The van der Waals surface area contributed by atoms with E-state index in [-0.39, 0.29) is 11.9 Å². The summed E-state index contributed by atoms with van der Waals surface area (Å²) in [7, 11) is 0. The third-order valence-electron chi connectivity index (χ3n) is 2.15. The van der Waals surface area contributed by atoms with E-state index in [4.69, 9.17) is 0 Å².